The standard InChI is InChI=1S/C21H27N3O3/c1-15-5-6-17(13-16(15)2)22-21(25)24-11-9-23(10-12-24)18-7-8-19(26-3)20(14-18)27-4/h5-8,13-14H,9-12H2,1-4H3,(H,22,25). The number of aryl methyl sites for hydroxylation is 2. The van der Waals surface area contributed by atoms with Gasteiger partial charge in [0, 0.05) is 43.6 Å². The zero-order chi connectivity index (χ0) is 19.4. The molecule has 1 saturated heterocycles. The molecule has 2 aromatic carbocycles. The van der Waals surface area contributed by atoms with Gasteiger partial charge < -0.3 is 24.6 Å². The molecule has 1 aliphatic rings. The van der Waals surface area contributed by atoms with Crippen molar-refractivity contribution in [3.63, 3.8) is 0 Å². The van der Waals surface area contributed by atoms with Gasteiger partial charge in [-0.1, -0.05) is 6.07 Å². The fraction of sp³-hybridized carbons (Fsp3) is 0.381. The molecule has 3 rings (SSSR count). The summed E-state index contributed by atoms with van der Waals surface area (Å²) in [7, 11) is 3.27. The molecule has 0 aliphatic carbocycles. The summed E-state index contributed by atoms with van der Waals surface area (Å²) in [6.45, 7) is 7.00. The van der Waals surface area contributed by atoms with Crippen molar-refractivity contribution < 1.29 is 14.3 Å². The van der Waals surface area contributed by atoms with Crippen LogP contribution in [0.15, 0.2) is 36.4 Å². The molecule has 0 spiro atoms. The third kappa shape index (κ3) is 4.27. The van der Waals surface area contributed by atoms with Crippen LogP contribution in [0.4, 0.5) is 16.2 Å². The first-order chi connectivity index (χ1) is 13.0. The SMILES string of the molecule is COc1ccc(N2CCN(C(=O)Nc3ccc(C)c(C)c3)CC2)cc1OC. The van der Waals surface area contributed by atoms with Crippen LogP contribution >= 0.6 is 0 Å². The van der Waals surface area contributed by atoms with Crippen LogP contribution in [0, 0.1) is 13.8 Å². The van der Waals surface area contributed by atoms with Crippen molar-refractivity contribution in [1.29, 1.82) is 0 Å². The van der Waals surface area contributed by atoms with E-state index in [-0.39, 0.29) is 6.03 Å². The minimum absolute atomic E-state index is 0.0507. The second kappa shape index (κ2) is 8.20. The first-order valence-electron chi connectivity index (χ1n) is 9.12. The lowest BCUT2D eigenvalue weighted by molar-refractivity contribution is 0.208. The van der Waals surface area contributed by atoms with E-state index in [0.29, 0.717) is 24.6 Å². The Morgan fingerprint density at radius 2 is 1.59 bits per heavy atom. The number of benzene rings is 2. The summed E-state index contributed by atoms with van der Waals surface area (Å²) >= 11 is 0. The Bertz CT molecular complexity index is 814. The number of hydrogen-bond donors (Lipinski definition) is 1. The van der Waals surface area contributed by atoms with E-state index in [1.165, 1.54) is 11.1 Å². The van der Waals surface area contributed by atoms with Gasteiger partial charge in [0.1, 0.15) is 0 Å². The van der Waals surface area contributed by atoms with Gasteiger partial charge in [-0.15, -0.1) is 0 Å². The number of nitrogens with zero attached hydrogens (tertiary/aromatic N) is 2. The highest BCUT2D eigenvalue weighted by Crippen LogP contribution is 2.31. The average Bonchev–Trinajstić information content (AvgIpc) is 2.70. The first-order valence-corrected chi connectivity index (χ1v) is 9.12. The van der Waals surface area contributed by atoms with Crippen LogP contribution in [0.2, 0.25) is 0 Å². The summed E-state index contributed by atoms with van der Waals surface area (Å²) in [5, 5.41) is 3.00. The van der Waals surface area contributed by atoms with E-state index in [9.17, 15) is 4.79 Å². The number of anilines is 2. The normalized spacial score (nSPS) is 14.1. The smallest absolute Gasteiger partial charge is 0.321 e. The van der Waals surface area contributed by atoms with E-state index in [0.717, 1.165) is 24.5 Å². The molecular weight excluding hydrogens is 342 g/mol. The molecule has 27 heavy (non-hydrogen) atoms. The maximum Gasteiger partial charge on any atom is 0.321 e. The number of carbonyl (C=O) groups is 1. The van der Waals surface area contributed by atoms with Crippen LogP contribution in [0.3, 0.4) is 0 Å². The molecule has 0 bridgehead atoms. The Morgan fingerprint density at radius 3 is 2.22 bits per heavy atom. The van der Waals surface area contributed by atoms with Gasteiger partial charge >= 0.3 is 6.03 Å². The van der Waals surface area contributed by atoms with Gasteiger partial charge in [-0.2, -0.15) is 0 Å². The van der Waals surface area contributed by atoms with Crippen molar-refractivity contribution in [2.24, 2.45) is 0 Å². The first kappa shape index (κ1) is 18.9. The van der Waals surface area contributed by atoms with Gasteiger partial charge in [0.15, 0.2) is 11.5 Å². The molecule has 2 aromatic rings. The van der Waals surface area contributed by atoms with Crippen LogP contribution < -0.4 is 19.7 Å². The highest BCUT2D eigenvalue weighted by Gasteiger charge is 2.22. The van der Waals surface area contributed by atoms with E-state index in [4.69, 9.17) is 9.47 Å². The van der Waals surface area contributed by atoms with Crippen LogP contribution in [-0.2, 0) is 0 Å². The predicted molar refractivity (Wildman–Crippen MR) is 108 cm³/mol. The number of carbonyl (C=O) groups excluding carboxylic acids is 1. The predicted octanol–water partition coefficient (Wildman–Crippen LogP) is 3.67. The quantitative estimate of drug-likeness (QED) is 0.893. The molecule has 0 atom stereocenters. The number of nitrogens with one attached hydrogen (secondary N) is 1. The lowest BCUT2D eigenvalue weighted by Gasteiger charge is -2.36. The summed E-state index contributed by atoms with van der Waals surface area (Å²) in [5.74, 6) is 1.43. The van der Waals surface area contributed by atoms with Gasteiger partial charge in [0.25, 0.3) is 0 Å². The van der Waals surface area contributed by atoms with Crippen LogP contribution in [-0.4, -0.2) is 51.3 Å². The average molecular weight is 369 g/mol. The van der Waals surface area contributed by atoms with Crippen molar-refractivity contribution in [2.45, 2.75) is 13.8 Å². The Hall–Kier alpha value is -2.89. The summed E-state index contributed by atoms with van der Waals surface area (Å²) < 4.78 is 10.7. The maximum absolute atomic E-state index is 12.6. The fourth-order valence-corrected chi connectivity index (χ4v) is 3.21. The molecule has 0 unspecified atom stereocenters. The number of rotatable bonds is 4. The molecule has 6 nitrogen and oxygen atoms in total. The third-order valence-electron chi connectivity index (χ3n) is 5.06. The second-order valence-corrected chi connectivity index (χ2v) is 6.74. The van der Waals surface area contributed by atoms with Gasteiger partial charge in [0.2, 0.25) is 0 Å². The van der Waals surface area contributed by atoms with Crippen LogP contribution in [0.25, 0.3) is 0 Å². The van der Waals surface area contributed by atoms with Crippen molar-refractivity contribution in [2.75, 3.05) is 50.6 Å². The number of methoxy groups -OCH3 is 2. The summed E-state index contributed by atoms with van der Waals surface area (Å²) in [6, 6.07) is 11.8. The number of ether oxygens (including phenoxy) is 2. The van der Waals surface area contributed by atoms with Crippen molar-refractivity contribution in [3.05, 3.63) is 47.5 Å². The van der Waals surface area contributed by atoms with E-state index in [2.05, 4.69) is 17.1 Å². The molecule has 0 saturated carbocycles. The number of urea groups is 1. The molecule has 1 heterocycles. The number of piperazine rings is 1. The monoisotopic (exact) mass is 369 g/mol. The van der Waals surface area contributed by atoms with Crippen LogP contribution in [0.1, 0.15) is 11.1 Å². The molecule has 6 heteroatoms. The lowest BCUT2D eigenvalue weighted by Crippen LogP contribution is -2.50. The Balaban J connectivity index is 1.59. The van der Waals surface area contributed by atoms with Gasteiger partial charge in [-0.3, -0.25) is 0 Å². The van der Waals surface area contributed by atoms with Gasteiger partial charge in [-0.05, 0) is 49.2 Å². The largest absolute Gasteiger partial charge is 0.493 e. The highest BCUT2D eigenvalue weighted by molar-refractivity contribution is 5.89. The Kier molecular flexibility index (Phi) is 5.74. The molecule has 144 valence electrons. The van der Waals surface area contributed by atoms with E-state index < -0.39 is 0 Å². The molecule has 0 radical (unpaired) electrons. The van der Waals surface area contributed by atoms with Crippen LogP contribution in [0.5, 0.6) is 11.5 Å². The molecule has 1 aliphatic heterocycles. The van der Waals surface area contributed by atoms with Gasteiger partial charge in [0.05, 0.1) is 14.2 Å². The lowest BCUT2D eigenvalue weighted by atomic mass is 10.1. The zero-order valence-electron chi connectivity index (χ0n) is 16.4. The zero-order valence-corrected chi connectivity index (χ0v) is 16.4. The highest BCUT2D eigenvalue weighted by atomic mass is 16.5. The number of amides is 2. The summed E-state index contributed by atoms with van der Waals surface area (Å²) in [5.41, 5.74) is 4.30. The topological polar surface area (TPSA) is 54.0 Å². The van der Waals surface area contributed by atoms with E-state index >= 15 is 0 Å². The van der Waals surface area contributed by atoms with E-state index in [1.54, 1.807) is 14.2 Å². The Morgan fingerprint density at radius 1 is 0.889 bits per heavy atom. The molecule has 0 aromatic heterocycles. The third-order valence-corrected chi connectivity index (χ3v) is 5.06. The molecular formula is C21H27N3O3. The maximum atomic E-state index is 12.6. The van der Waals surface area contributed by atoms with Gasteiger partial charge in [-0.25, -0.2) is 4.79 Å². The number of hydrogen-bond acceptors (Lipinski definition) is 4. The second-order valence-electron chi connectivity index (χ2n) is 6.74. The molecule has 2 amide bonds. The Labute approximate surface area is 160 Å². The fourth-order valence-electron chi connectivity index (χ4n) is 3.21. The van der Waals surface area contributed by atoms with Crippen molar-refractivity contribution >= 4 is 17.4 Å². The minimum Gasteiger partial charge on any atom is -0.493 e. The summed E-state index contributed by atoms with van der Waals surface area (Å²) in [4.78, 5) is 16.7. The van der Waals surface area contributed by atoms with E-state index in [1.807, 2.05) is 48.2 Å². The van der Waals surface area contributed by atoms with Crippen molar-refractivity contribution in [1.82, 2.24) is 4.90 Å². The molecule has 1 fully saturated rings. The minimum atomic E-state index is -0.0507. The molecule has 1 N–H and O–H groups in total. The van der Waals surface area contributed by atoms with Crippen molar-refractivity contribution in [3.8, 4) is 11.5 Å². The summed E-state index contributed by atoms with van der Waals surface area (Å²) in [6.07, 6.45) is 0.